The Morgan fingerprint density at radius 3 is 2.03 bits per heavy atom. The Morgan fingerprint density at radius 1 is 0.864 bits per heavy atom. The van der Waals surface area contributed by atoms with Gasteiger partial charge >= 0.3 is 51.2 Å². The Balaban J connectivity index is 0.000000284. The van der Waals surface area contributed by atoms with Crippen LogP contribution < -0.4 is 0 Å². The van der Waals surface area contributed by atoms with Crippen molar-refractivity contribution in [3.05, 3.63) is 84.9 Å². The fraction of sp³-hybridized carbons (Fsp3) is 0.436. The van der Waals surface area contributed by atoms with Crippen molar-refractivity contribution >= 4 is 53.6 Å². The Labute approximate surface area is 334 Å². The van der Waals surface area contributed by atoms with Crippen LogP contribution in [0, 0.1) is 11.8 Å². The zero-order valence-corrected chi connectivity index (χ0v) is 32.5. The molecule has 6 rings (SSSR count). The molecule has 0 amide bonds. The molecule has 322 valence electrons. The van der Waals surface area contributed by atoms with Crippen molar-refractivity contribution in [3.8, 4) is 11.1 Å². The number of thiophene rings is 1. The standard InChI is InChI=1S/C21H24F10O8S.C18H12S/c1-11(9-37-6-5-18(22,23)21(30,31)40(34,35)36)15(33)39-16(8-13-3-4-14(16)7-13)10-17(19(24,25)26,20(27,28)29)38-12(2)32;1-2-7-13(8-3-1)14-10-6-12-17-18(14)15-9-4-5-11-16(15)19-17/h13-14H,1,3-10H2,2H3,(H,34,35,36);1-12H. The van der Waals surface area contributed by atoms with Gasteiger partial charge in [0.1, 0.15) is 5.60 Å². The minimum Gasteiger partial charge on any atom is -0.455 e. The lowest BCUT2D eigenvalue weighted by atomic mass is 9.75. The van der Waals surface area contributed by atoms with Gasteiger partial charge in [-0.1, -0.05) is 67.2 Å². The first-order valence-electron chi connectivity index (χ1n) is 17.8. The van der Waals surface area contributed by atoms with Crippen LogP contribution in [0.4, 0.5) is 43.9 Å². The van der Waals surface area contributed by atoms with E-state index in [1.165, 1.54) is 31.3 Å². The lowest BCUT2D eigenvalue weighted by Gasteiger charge is -2.45. The fourth-order valence-corrected chi connectivity index (χ4v) is 9.24. The van der Waals surface area contributed by atoms with Gasteiger partial charge in [-0.05, 0) is 60.8 Å². The molecule has 0 aliphatic heterocycles. The molecular formula is C39H36F10O8S2. The zero-order valence-electron chi connectivity index (χ0n) is 30.8. The summed E-state index contributed by atoms with van der Waals surface area (Å²) in [4.78, 5) is 24.0. The van der Waals surface area contributed by atoms with E-state index in [9.17, 15) is 61.9 Å². The molecule has 3 aromatic carbocycles. The molecule has 0 radical (unpaired) electrons. The summed E-state index contributed by atoms with van der Waals surface area (Å²) in [6, 6.07) is 25.9. The Kier molecular flexibility index (Phi) is 12.9. The predicted octanol–water partition coefficient (Wildman–Crippen LogP) is 10.7. The highest BCUT2D eigenvalue weighted by molar-refractivity contribution is 7.87. The number of benzene rings is 3. The van der Waals surface area contributed by atoms with E-state index < -0.39 is 107 Å². The molecule has 59 heavy (non-hydrogen) atoms. The SMILES string of the molecule is C=C(COCCC(F)(F)C(F)(F)S(=O)(=O)O)C(=O)OC1(CC(OC(C)=O)(C(F)(F)F)C(F)(F)F)CC2CCC1C2.c1ccc(-c2cccc3sc4ccccc4c23)cc1. The lowest BCUT2D eigenvalue weighted by molar-refractivity contribution is -0.380. The number of carbonyl (C=O) groups excluding carboxylic acids is 2. The summed E-state index contributed by atoms with van der Waals surface area (Å²) in [7, 11) is -6.52. The number of esters is 2. The summed E-state index contributed by atoms with van der Waals surface area (Å²) in [5.41, 5.74) is -5.68. The maximum absolute atomic E-state index is 13.9. The second-order valence-electron chi connectivity index (χ2n) is 14.4. The average Bonchev–Trinajstić information content (AvgIpc) is 3.85. The van der Waals surface area contributed by atoms with Gasteiger partial charge in [0.05, 0.1) is 18.8 Å². The summed E-state index contributed by atoms with van der Waals surface area (Å²) in [5, 5.41) is -3.14. The number of fused-ring (bicyclic) bond motifs is 5. The van der Waals surface area contributed by atoms with E-state index in [0.29, 0.717) is 13.3 Å². The second kappa shape index (κ2) is 16.6. The topological polar surface area (TPSA) is 116 Å². The quantitative estimate of drug-likeness (QED) is 0.0464. The first kappa shape index (κ1) is 45.8. The van der Waals surface area contributed by atoms with Crippen LogP contribution in [0.5, 0.6) is 0 Å². The summed E-state index contributed by atoms with van der Waals surface area (Å²) < 4.78 is 183. The van der Waals surface area contributed by atoms with Crippen LogP contribution >= 0.6 is 11.3 Å². The first-order valence-corrected chi connectivity index (χ1v) is 20.0. The van der Waals surface area contributed by atoms with Gasteiger partial charge in [0.15, 0.2) is 0 Å². The number of hydrogen-bond donors (Lipinski definition) is 1. The van der Waals surface area contributed by atoms with Crippen LogP contribution in [0.15, 0.2) is 84.9 Å². The van der Waals surface area contributed by atoms with E-state index in [1.54, 1.807) is 0 Å². The molecule has 1 heterocycles. The molecule has 0 spiro atoms. The smallest absolute Gasteiger partial charge is 0.437 e. The van der Waals surface area contributed by atoms with E-state index in [2.05, 4.69) is 88.8 Å². The number of alkyl halides is 10. The van der Waals surface area contributed by atoms with Gasteiger partial charge in [-0.2, -0.15) is 52.3 Å². The minimum atomic E-state index is -6.52. The molecule has 1 aromatic heterocycles. The molecule has 3 unspecified atom stereocenters. The van der Waals surface area contributed by atoms with E-state index in [1.807, 2.05) is 11.3 Å². The molecule has 2 fully saturated rings. The van der Waals surface area contributed by atoms with E-state index in [-0.39, 0.29) is 12.8 Å². The number of halogens is 10. The largest absolute Gasteiger partial charge is 0.455 e. The van der Waals surface area contributed by atoms with Crippen LogP contribution in [0.25, 0.3) is 31.3 Å². The molecule has 0 saturated heterocycles. The summed E-state index contributed by atoms with van der Waals surface area (Å²) in [5.74, 6) is -10.3. The lowest BCUT2D eigenvalue weighted by Crippen LogP contribution is -2.64. The Hall–Kier alpha value is -4.27. The molecule has 3 atom stereocenters. The van der Waals surface area contributed by atoms with Crippen molar-refractivity contribution in [3.63, 3.8) is 0 Å². The Bertz CT molecular complexity index is 2280. The fourth-order valence-electron chi connectivity index (χ4n) is 7.63. The van der Waals surface area contributed by atoms with Crippen molar-refractivity contribution in [1.29, 1.82) is 0 Å². The molecule has 2 aliphatic rings. The third kappa shape index (κ3) is 9.24. The van der Waals surface area contributed by atoms with Gasteiger partial charge in [0.25, 0.3) is 0 Å². The molecule has 2 saturated carbocycles. The van der Waals surface area contributed by atoms with Crippen LogP contribution in [0.3, 0.4) is 0 Å². The highest BCUT2D eigenvalue weighted by Gasteiger charge is 2.77. The van der Waals surface area contributed by atoms with Crippen molar-refractivity contribution in [2.75, 3.05) is 13.2 Å². The van der Waals surface area contributed by atoms with E-state index in [0.717, 1.165) is 0 Å². The first-order chi connectivity index (χ1) is 27.3. The number of ether oxygens (including phenoxy) is 3. The summed E-state index contributed by atoms with van der Waals surface area (Å²) in [6.07, 6.45) is -16.3. The summed E-state index contributed by atoms with van der Waals surface area (Å²) in [6.45, 7) is 1.06. The van der Waals surface area contributed by atoms with Crippen LogP contribution in [-0.2, 0) is 33.9 Å². The summed E-state index contributed by atoms with van der Waals surface area (Å²) >= 11 is 1.87. The molecular weight excluding hydrogens is 851 g/mol. The monoisotopic (exact) mass is 886 g/mol. The molecule has 2 bridgehead atoms. The molecule has 1 N–H and O–H groups in total. The normalized spacial score (nSPS) is 20.0. The number of carbonyl (C=O) groups is 2. The zero-order chi connectivity index (χ0) is 43.8. The molecule has 4 aromatic rings. The third-order valence-corrected chi connectivity index (χ3v) is 12.4. The molecule has 8 nitrogen and oxygen atoms in total. The van der Waals surface area contributed by atoms with Crippen LogP contribution in [0.1, 0.15) is 45.4 Å². The van der Waals surface area contributed by atoms with E-state index >= 15 is 0 Å². The number of rotatable bonds is 13. The highest BCUT2D eigenvalue weighted by atomic mass is 32.2. The van der Waals surface area contributed by atoms with Crippen molar-refractivity contribution in [2.45, 2.75) is 80.2 Å². The average molecular weight is 887 g/mol. The second-order valence-corrected chi connectivity index (χ2v) is 16.9. The van der Waals surface area contributed by atoms with Gasteiger partial charge < -0.3 is 14.2 Å². The van der Waals surface area contributed by atoms with Gasteiger partial charge in [-0.3, -0.25) is 9.35 Å². The van der Waals surface area contributed by atoms with Crippen molar-refractivity contribution in [2.24, 2.45) is 11.8 Å². The predicted molar refractivity (Wildman–Crippen MR) is 196 cm³/mol. The highest BCUT2D eigenvalue weighted by Crippen LogP contribution is 2.60. The maximum Gasteiger partial charge on any atom is 0.437 e. The Morgan fingerprint density at radius 2 is 1.47 bits per heavy atom. The maximum atomic E-state index is 13.9. The van der Waals surface area contributed by atoms with Crippen LogP contribution in [0.2, 0.25) is 0 Å². The van der Waals surface area contributed by atoms with Gasteiger partial charge in [-0.25, -0.2) is 4.79 Å². The molecule has 20 heteroatoms. The van der Waals surface area contributed by atoms with Gasteiger partial charge in [-0.15, -0.1) is 11.3 Å². The van der Waals surface area contributed by atoms with Gasteiger partial charge in [0, 0.05) is 39.9 Å². The number of hydrogen-bond acceptors (Lipinski definition) is 8. The molecule has 2 aliphatic carbocycles. The minimum absolute atomic E-state index is 0.0733. The van der Waals surface area contributed by atoms with Crippen LogP contribution in [-0.4, -0.2) is 72.9 Å². The van der Waals surface area contributed by atoms with Crippen molar-refractivity contribution in [1.82, 2.24) is 0 Å². The third-order valence-electron chi connectivity index (χ3n) is 10.4. The van der Waals surface area contributed by atoms with Gasteiger partial charge in [0.2, 0.25) is 0 Å². The van der Waals surface area contributed by atoms with Crippen molar-refractivity contribution < 1.29 is 80.7 Å². The van der Waals surface area contributed by atoms with E-state index in [4.69, 9.17) is 9.29 Å².